The van der Waals surface area contributed by atoms with Crippen LogP contribution in [0, 0.1) is 11.6 Å². The maximum Gasteiger partial charge on any atom is 0.139 e. The van der Waals surface area contributed by atoms with Crippen molar-refractivity contribution >= 4 is 11.8 Å². The van der Waals surface area contributed by atoms with Gasteiger partial charge in [0.1, 0.15) is 11.6 Å². The second-order valence-corrected chi connectivity index (χ2v) is 5.00. The van der Waals surface area contributed by atoms with Crippen LogP contribution in [-0.2, 0) is 0 Å². The standard InChI is InChI=1S/C11H13F2NS/c12-8-3-4-11(10(13)6-8)15-9-2-1-5-14-7-9/h3-4,6,9,14H,1-2,5,7H2. The number of halogens is 2. The van der Waals surface area contributed by atoms with Crippen LogP contribution in [0.15, 0.2) is 23.1 Å². The van der Waals surface area contributed by atoms with E-state index in [2.05, 4.69) is 5.32 Å². The molecule has 0 amide bonds. The molecule has 1 aromatic rings. The second kappa shape index (κ2) is 4.94. The van der Waals surface area contributed by atoms with E-state index in [1.165, 1.54) is 23.9 Å². The molecule has 1 aromatic carbocycles. The van der Waals surface area contributed by atoms with Gasteiger partial charge in [-0.25, -0.2) is 8.78 Å². The fourth-order valence-corrected chi connectivity index (χ4v) is 2.83. The van der Waals surface area contributed by atoms with E-state index in [1.54, 1.807) is 0 Å². The lowest BCUT2D eigenvalue weighted by Crippen LogP contribution is -2.31. The summed E-state index contributed by atoms with van der Waals surface area (Å²) in [6.45, 7) is 1.95. The molecule has 15 heavy (non-hydrogen) atoms. The largest absolute Gasteiger partial charge is 0.316 e. The van der Waals surface area contributed by atoms with Gasteiger partial charge in [-0.2, -0.15) is 0 Å². The maximum absolute atomic E-state index is 13.3. The van der Waals surface area contributed by atoms with Crippen molar-refractivity contribution in [2.45, 2.75) is 23.0 Å². The SMILES string of the molecule is Fc1ccc(SC2CCCNC2)c(F)c1. The van der Waals surface area contributed by atoms with Gasteiger partial charge in [0.05, 0.1) is 0 Å². The van der Waals surface area contributed by atoms with Crippen molar-refractivity contribution < 1.29 is 8.78 Å². The highest BCUT2D eigenvalue weighted by Crippen LogP contribution is 2.29. The van der Waals surface area contributed by atoms with Crippen molar-refractivity contribution in [3.05, 3.63) is 29.8 Å². The molecule has 0 bridgehead atoms. The van der Waals surface area contributed by atoms with Crippen LogP contribution in [0.25, 0.3) is 0 Å². The molecule has 0 saturated carbocycles. The zero-order valence-corrected chi connectivity index (χ0v) is 9.12. The monoisotopic (exact) mass is 229 g/mol. The van der Waals surface area contributed by atoms with Crippen LogP contribution in [0.5, 0.6) is 0 Å². The van der Waals surface area contributed by atoms with E-state index in [0.717, 1.165) is 32.0 Å². The third-order valence-electron chi connectivity index (χ3n) is 2.44. The topological polar surface area (TPSA) is 12.0 Å². The first-order chi connectivity index (χ1) is 7.25. The van der Waals surface area contributed by atoms with Crippen molar-refractivity contribution in [1.82, 2.24) is 5.32 Å². The Kier molecular flexibility index (Phi) is 3.59. The first-order valence-electron chi connectivity index (χ1n) is 5.08. The molecule has 1 aliphatic heterocycles. The highest BCUT2D eigenvalue weighted by atomic mass is 32.2. The molecule has 1 fully saturated rings. The van der Waals surface area contributed by atoms with Crippen LogP contribution >= 0.6 is 11.8 Å². The van der Waals surface area contributed by atoms with Gasteiger partial charge in [0.15, 0.2) is 0 Å². The Morgan fingerprint density at radius 3 is 2.87 bits per heavy atom. The Bertz CT molecular complexity index is 337. The summed E-state index contributed by atoms with van der Waals surface area (Å²) in [5.41, 5.74) is 0. The van der Waals surface area contributed by atoms with Crippen LogP contribution in [0.4, 0.5) is 8.78 Å². The third kappa shape index (κ3) is 2.92. The predicted octanol–water partition coefficient (Wildman–Crippen LogP) is 2.81. The normalized spacial score (nSPS) is 21.6. The molecule has 1 atom stereocenters. The Morgan fingerprint density at radius 2 is 2.20 bits per heavy atom. The molecule has 0 radical (unpaired) electrons. The van der Waals surface area contributed by atoms with E-state index in [-0.39, 0.29) is 0 Å². The summed E-state index contributed by atoms with van der Waals surface area (Å²) < 4.78 is 26.0. The minimum Gasteiger partial charge on any atom is -0.316 e. The molecule has 1 aliphatic rings. The van der Waals surface area contributed by atoms with Crippen molar-refractivity contribution in [3.63, 3.8) is 0 Å². The van der Waals surface area contributed by atoms with E-state index in [1.807, 2.05) is 0 Å². The quantitative estimate of drug-likeness (QED) is 0.837. The Balaban J connectivity index is 2.03. The third-order valence-corrected chi connectivity index (χ3v) is 3.76. The van der Waals surface area contributed by atoms with E-state index >= 15 is 0 Å². The van der Waals surface area contributed by atoms with Gasteiger partial charge in [-0.15, -0.1) is 11.8 Å². The van der Waals surface area contributed by atoms with Gasteiger partial charge in [-0.1, -0.05) is 0 Å². The molecule has 0 aromatic heterocycles. The summed E-state index contributed by atoms with van der Waals surface area (Å²) >= 11 is 1.50. The highest BCUT2D eigenvalue weighted by Gasteiger charge is 2.16. The van der Waals surface area contributed by atoms with Crippen molar-refractivity contribution in [2.75, 3.05) is 13.1 Å². The Hall–Kier alpha value is -0.610. The number of piperidine rings is 1. The lowest BCUT2D eigenvalue weighted by atomic mass is 10.2. The number of nitrogens with one attached hydrogen (secondary N) is 1. The molecule has 0 spiro atoms. The summed E-state index contributed by atoms with van der Waals surface area (Å²) in [6.07, 6.45) is 2.22. The average molecular weight is 229 g/mol. The molecule has 82 valence electrons. The molecule has 1 saturated heterocycles. The number of rotatable bonds is 2. The average Bonchev–Trinajstić information content (AvgIpc) is 2.24. The second-order valence-electron chi connectivity index (χ2n) is 3.66. The summed E-state index contributed by atoms with van der Waals surface area (Å²) in [5.74, 6) is -0.968. The van der Waals surface area contributed by atoms with Crippen LogP contribution in [0.3, 0.4) is 0 Å². The van der Waals surface area contributed by atoms with Gasteiger partial charge in [0.25, 0.3) is 0 Å². The first-order valence-corrected chi connectivity index (χ1v) is 5.96. The van der Waals surface area contributed by atoms with Crippen molar-refractivity contribution in [3.8, 4) is 0 Å². The van der Waals surface area contributed by atoms with Gasteiger partial charge in [0.2, 0.25) is 0 Å². The van der Waals surface area contributed by atoms with Gasteiger partial charge >= 0.3 is 0 Å². The van der Waals surface area contributed by atoms with Crippen LogP contribution in [0.1, 0.15) is 12.8 Å². The Labute approximate surface area is 92.3 Å². The number of thioether (sulfide) groups is 1. The fourth-order valence-electron chi connectivity index (χ4n) is 1.67. The van der Waals surface area contributed by atoms with E-state index in [4.69, 9.17) is 0 Å². The molecule has 2 rings (SSSR count). The lowest BCUT2D eigenvalue weighted by Gasteiger charge is -2.22. The van der Waals surface area contributed by atoms with Crippen molar-refractivity contribution in [1.29, 1.82) is 0 Å². The van der Waals surface area contributed by atoms with E-state index < -0.39 is 11.6 Å². The maximum atomic E-state index is 13.3. The number of hydrogen-bond donors (Lipinski definition) is 1. The minimum atomic E-state index is -0.515. The molecule has 1 heterocycles. The van der Waals surface area contributed by atoms with Gasteiger partial charge in [-0.05, 0) is 31.5 Å². The fraction of sp³-hybridized carbons (Fsp3) is 0.455. The zero-order valence-electron chi connectivity index (χ0n) is 8.30. The van der Waals surface area contributed by atoms with Gasteiger partial charge in [0, 0.05) is 22.8 Å². The highest BCUT2D eigenvalue weighted by molar-refractivity contribution is 8.00. The summed E-state index contributed by atoms with van der Waals surface area (Å²) in [7, 11) is 0. The van der Waals surface area contributed by atoms with Crippen molar-refractivity contribution in [2.24, 2.45) is 0 Å². The van der Waals surface area contributed by atoms with Crippen LogP contribution in [0.2, 0.25) is 0 Å². The van der Waals surface area contributed by atoms with Crippen LogP contribution in [-0.4, -0.2) is 18.3 Å². The van der Waals surface area contributed by atoms with E-state index in [9.17, 15) is 8.78 Å². The lowest BCUT2D eigenvalue weighted by molar-refractivity contribution is 0.529. The smallest absolute Gasteiger partial charge is 0.139 e. The number of hydrogen-bond acceptors (Lipinski definition) is 2. The minimum absolute atomic E-state index is 0.402. The molecular weight excluding hydrogens is 216 g/mol. The van der Waals surface area contributed by atoms with E-state index in [0.29, 0.717) is 10.1 Å². The first kappa shape index (κ1) is 10.9. The number of benzene rings is 1. The summed E-state index contributed by atoms with van der Waals surface area (Å²) in [5, 5.41) is 3.67. The molecule has 4 heteroatoms. The molecule has 1 nitrogen and oxygen atoms in total. The Morgan fingerprint density at radius 1 is 1.33 bits per heavy atom. The van der Waals surface area contributed by atoms with Gasteiger partial charge < -0.3 is 5.32 Å². The molecule has 0 aliphatic carbocycles. The summed E-state index contributed by atoms with van der Waals surface area (Å²) in [4.78, 5) is 0.546. The molecular formula is C11H13F2NS. The molecule has 1 N–H and O–H groups in total. The molecule has 1 unspecified atom stereocenters. The predicted molar refractivity (Wildman–Crippen MR) is 58.1 cm³/mol. The van der Waals surface area contributed by atoms with Gasteiger partial charge in [-0.3, -0.25) is 0 Å². The zero-order chi connectivity index (χ0) is 10.7. The summed E-state index contributed by atoms with van der Waals surface area (Å²) in [6, 6.07) is 3.77. The van der Waals surface area contributed by atoms with Crippen LogP contribution < -0.4 is 5.32 Å².